The van der Waals surface area contributed by atoms with Crippen LogP contribution in [-0.2, 0) is 0 Å². The normalized spacial score (nSPS) is 12.7. The van der Waals surface area contributed by atoms with Crippen LogP contribution in [0.1, 0.15) is 31.9 Å². The van der Waals surface area contributed by atoms with E-state index in [4.69, 9.17) is 0 Å². The van der Waals surface area contributed by atoms with Gasteiger partial charge in [0.05, 0.1) is 0 Å². The third-order valence-corrected chi connectivity index (χ3v) is 4.93. The summed E-state index contributed by atoms with van der Waals surface area (Å²) in [5.74, 6) is 0. The summed E-state index contributed by atoms with van der Waals surface area (Å²) in [6, 6.07) is 18.2. The molecular formula is C19H21NS. The molecule has 108 valence electrons. The molecule has 0 amide bonds. The third kappa shape index (κ3) is 2.87. The van der Waals surface area contributed by atoms with Crippen molar-refractivity contribution in [2.24, 2.45) is 0 Å². The van der Waals surface area contributed by atoms with Gasteiger partial charge in [-0.25, -0.2) is 0 Å². The van der Waals surface area contributed by atoms with Gasteiger partial charge in [0, 0.05) is 10.7 Å². The van der Waals surface area contributed by atoms with Crippen LogP contribution in [0.2, 0.25) is 0 Å². The summed E-state index contributed by atoms with van der Waals surface area (Å²) in [6.45, 7) is 5.40. The van der Waals surface area contributed by atoms with Gasteiger partial charge in [0.1, 0.15) is 0 Å². The van der Waals surface area contributed by atoms with Gasteiger partial charge in [-0.2, -0.15) is 0 Å². The van der Waals surface area contributed by atoms with Crippen molar-refractivity contribution in [1.29, 1.82) is 0 Å². The highest BCUT2D eigenvalue weighted by Crippen LogP contribution is 2.33. The largest absolute Gasteiger partial charge is 0.310 e. The van der Waals surface area contributed by atoms with Crippen LogP contribution in [0.4, 0.5) is 0 Å². The Labute approximate surface area is 130 Å². The van der Waals surface area contributed by atoms with Crippen LogP contribution < -0.4 is 5.32 Å². The maximum atomic E-state index is 3.54. The molecule has 1 unspecified atom stereocenters. The second kappa shape index (κ2) is 6.42. The van der Waals surface area contributed by atoms with Crippen LogP contribution in [0.25, 0.3) is 21.2 Å². The summed E-state index contributed by atoms with van der Waals surface area (Å²) in [6.07, 6.45) is 1.12. The van der Waals surface area contributed by atoms with Crippen LogP contribution >= 0.6 is 11.3 Å². The SMILES string of the molecule is CCNC(CC)c1ccc(-c2cccc3ccsc23)cc1. The van der Waals surface area contributed by atoms with Gasteiger partial charge in [-0.15, -0.1) is 11.3 Å². The zero-order valence-corrected chi connectivity index (χ0v) is 13.4. The molecule has 0 saturated carbocycles. The Balaban J connectivity index is 1.95. The molecule has 1 atom stereocenters. The minimum Gasteiger partial charge on any atom is -0.310 e. The molecule has 0 radical (unpaired) electrons. The number of hydrogen-bond acceptors (Lipinski definition) is 2. The van der Waals surface area contributed by atoms with E-state index in [1.54, 1.807) is 0 Å². The van der Waals surface area contributed by atoms with Crippen molar-refractivity contribution in [3.8, 4) is 11.1 Å². The lowest BCUT2D eigenvalue weighted by Gasteiger charge is -2.16. The number of rotatable bonds is 5. The van der Waals surface area contributed by atoms with Crippen LogP contribution in [0.3, 0.4) is 0 Å². The molecule has 0 fully saturated rings. The smallest absolute Gasteiger partial charge is 0.0421 e. The summed E-state index contributed by atoms with van der Waals surface area (Å²) in [4.78, 5) is 0. The quantitative estimate of drug-likeness (QED) is 0.643. The van der Waals surface area contributed by atoms with Crippen LogP contribution in [0.15, 0.2) is 53.9 Å². The summed E-state index contributed by atoms with van der Waals surface area (Å²) >= 11 is 1.82. The highest BCUT2D eigenvalue weighted by Gasteiger charge is 2.09. The molecule has 0 aliphatic carbocycles. The molecule has 1 nitrogen and oxygen atoms in total. The van der Waals surface area contributed by atoms with Crippen LogP contribution in [0.5, 0.6) is 0 Å². The Morgan fingerprint density at radius 2 is 1.81 bits per heavy atom. The van der Waals surface area contributed by atoms with Gasteiger partial charge in [-0.1, -0.05) is 56.3 Å². The Hall–Kier alpha value is -1.64. The second-order valence-electron chi connectivity index (χ2n) is 5.29. The number of nitrogens with one attached hydrogen (secondary N) is 1. The highest BCUT2D eigenvalue weighted by atomic mass is 32.1. The highest BCUT2D eigenvalue weighted by molar-refractivity contribution is 7.17. The average Bonchev–Trinajstić information content (AvgIpc) is 3.01. The summed E-state index contributed by atoms with van der Waals surface area (Å²) in [5, 5.41) is 7.04. The van der Waals surface area contributed by atoms with E-state index in [0.29, 0.717) is 6.04 Å². The molecule has 1 heterocycles. The van der Waals surface area contributed by atoms with Gasteiger partial charge in [0.2, 0.25) is 0 Å². The van der Waals surface area contributed by atoms with E-state index in [1.807, 2.05) is 11.3 Å². The van der Waals surface area contributed by atoms with E-state index in [-0.39, 0.29) is 0 Å². The van der Waals surface area contributed by atoms with Crippen LogP contribution in [-0.4, -0.2) is 6.54 Å². The van der Waals surface area contributed by atoms with E-state index in [1.165, 1.54) is 26.8 Å². The van der Waals surface area contributed by atoms with Crippen molar-refractivity contribution in [1.82, 2.24) is 5.32 Å². The van der Waals surface area contributed by atoms with Crippen molar-refractivity contribution in [3.63, 3.8) is 0 Å². The van der Waals surface area contributed by atoms with Crippen molar-refractivity contribution in [2.45, 2.75) is 26.3 Å². The van der Waals surface area contributed by atoms with Gasteiger partial charge in [0.25, 0.3) is 0 Å². The zero-order valence-electron chi connectivity index (χ0n) is 12.6. The maximum Gasteiger partial charge on any atom is 0.0421 e. The Bertz CT molecular complexity index is 712. The monoisotopic (exact) mass is 295 g/mol. The molecule has 1 aromatic heterocycles. The van der Waals surface area contributed by atoms with Crippen molar-refractivity contribution in [3.05, 3.63) is 59.5 Å². The summed E-state index contributed by atoms with van der Waals surface area (Å²) in [5.41, 5.74) is 4.02. The molecule has 3 rings (SSSR count). The minimum absolute atomic E-state index is 0.460. The van der Waals surface area contributed by atoms with Crippen molar-refractivity contribution >= 4 is 21.4 Å². The molecule has 1 N–H and O–H groups in total. The fourth-order valence-corrected chi connectivity index (χ4v) is 3.80. The van der Waals surface area contributed by atoms with Crippen LogP contribution in [0, 0.1) is 0 Å². The van der Waals surface area contributed by atoms with Gasteiger partial charge in [-0.05, 0) is 46.5 Å². The molecule has 0 saturated heterocycles. The Morgan fingerprint density at radius 3 is 2.52 bits per heavy atom. The minimum atomic E-state index is 0.460. The fraction of sp³-hybridized carbons (Fsp3) is 0.263. The first kappa shape index (κ1) is 14.3. The summed E-state index contributed by atoms with van der Waals surface area (Å²) in [7, 11) is 0. The van der Waals surface area contributed by atoms with Gasteiger partial charge >= 0.3 is 0 Å². The lowest BCUT2D eigenvalue weighted by atomic mass is 9.99. The van der Waals surface area contributed by atoms with Crippen molar-refractivity contribution in [2.75, 3.05) is 6.54 Å². The number of benzene rings is 2. The maximum absolute atomic E-state index is 3.54. The molecule has 0 aliphatic rings. The average molecular weight is 295 g/mol. The first-order chi connectivity index (χ1) is 10.3. The Kier molecular flexibility index (Phi) is 4.37. The fourth-order valence-electron chi connectivity index (χ4n) is 2.86. The zero-order chi connectivity index (χ0) is 14.7. The van der Waals surface area contributed by atoms with E-state index in [2.05, 4.69) is 73.1 Å². The molecule has 21 heavy (non-hydrogen) atoms. The standard InChI is InChI=1S/C19H21NS/c1-3-18(20-4-2)15-10-8-14(9-11-15)17-7-5-6-16-12-13-21-19(16)17/h5-13,18,20H,3-4H2,1-2H3. The van der Waals surface area contributed by atoms with E-state index in [0.717, 1.165) is 13.0 Å². The molecule has 2 aromatic carbocycles. The molecule has 2 heteroatoms. The third-order valence-electron chi connectivity index (χ3n) is 3.96. The Morgan fingerprint density at radius 1 is 1.00 bits per heavy atom. The molecule has 0 aliphatic heterocycles. The number of thiophene rings is 1. The van der Waals surface area contributed by atoms with Gasteiger partial charge < -0.3 is 5.32 Å². The lowest BCUT2D eigenvalue weighted by molar-refractivity contribution is 0.537. The molecule has 0 bridgehead atoms. The van der Waals surface area contributed by atoms with E-state index >= 15 is 0 Å². The number of hydrogen-bond donors (Lipinski definition) is 1. The van der Waals surface area contributed by atoms with Crippen molar-refractivity contribution < 1.29 is 0 Å². The summed E-state index contributed by atoms with van der Waals surface area (Å²) < 4.78 is 1.38. The molecular weight excluding hydrogens is 274 g/mol. The van der Waals surface area contributed by atoms with E-state index in [9.17, 15) is 0 Å². The predicted octanol–water partition coefficient (Wildman–Crippen LogP) is 5.63. The topological polar surface area (TPSA) is 12.0 Å². The number of fused-ring (bicyclic) bond motifs is 1. The predicted molar refractivity (Wildman–Crippen MR) is 94.0 cm³/mol. The molecule has 3 aromatic rings. The first-order valence-electron chi connectivity index (χ1n) is 7.63. The first-order valence-corrected chi connectivity index (χ1v) is 8.51. The van der Waals surface area contributed by atoms with Gasteiger partial charge in [0.15, 0.2) is 0 Å². The lowest BCUT2D eigenvalue weighted by Crippen LogP contribution is -2.19. The van der Waals surface area contributed by atoms with Gasteiger partial charge in [-0.3, -0.25) is 0 Å². The molecule has 0 spiro atoms. The second-order valence-corrected chi connectivity index (χ2v) is 6.20. The van der Waals surface area contributed by atoms with E-state index < -0.39 is 0 Å².